The maximum atomic E-state index is 6.09. The summed E-state index contributed by atoms with van der Waals surface area (Å²) in [5, 5.41) is 0.344. The van der Waals surface area contributed by atoms with E-state index in [1.807, 2.05) is 0 Å². The molecule has 0 fully saturated rings. The second-order valence-electron chi connectivity index (χ2n) is 5.10. The molecule has 12 heavy (non-hydrogen) atoms. The summed E-state index contributed by atoms with van der Waals surface area (Å²) in [4.78, 5) is 0. The summed E-state index contributed by atoms with van der Waals surface area (Å²) >= 11 is 0. The van der Waals surface area contributed by atoms with Crippen LogP contribution in [-0.4, -0.2) is 14.4 Å². The molecular weight excluding hydrogens is 164 g/mol. The monoisotopic (exact) mass is 188 g/mol. The Morgan fingerprint density at radius 3 is 1.92 bits per heavy atom. The third kappa shape index (κ3) is 3.28. The number of hydrogen-bond donors (Lipinski definition) is 0. The van der Waals surface area contributed by atoms with Crippen molar-refractivity contribution in [3.05, 3.63) is 0 Å². The van der Waals surface area contributed by atoms with Crippen LogP contribution >= 0.6 is 0 Å². The molecule has 0 aromatic rings. The Morgan fingerprint density at radius 1 is 1.25 bits per heavy atom. The van der Waals surface area contributed by atoms with Gasteiger partial charge in [0, 0.05) is 6.10 Å². The first kappa shape index (κ1) is 12.2. The van der Waals surface area contributed by atoms with Crippen LogP contribution in [0.2, 0.25) is 18.1 Å². The van der Waals surface area contributed by atoms with Gasteiger partial charge in [-0.2, -0.15) is 0 Å². The molecule has 0 saturated carbocycles. The quantitative estimate of drug-likeness (QED) is 0.612. The minimum absolute atomic E-state index is 0.344. The van der Waals surface area contributed by atoms with E-state index in [1.165, 1.54) is 0 Å². The third-order valence-corrected chi connectivity index (χ3v) is 7.48. The molecule has 0 amide bonds. The van der Waals surface area contributed by atoms with E-state index in [2.05, 4.69) is 47.7 Å². The van der Waals surface area contributed by atoms with E-state index in [4.69, 9.17) is 4.43 Å². The lowest BCUT2D eigenvalue weighted by Crippen LogP contribution is -2.43. The summed E-state index contributed by atoms with van der Waals surface area (Å²) < 4.78 is 6.09. The fourth-order valence-electron chi connectivity index (χ4n) is 0.763. The second kappa shape index (κ2) is 3.92. The van der Waals surface area contributed by atoms with E-state index in [0.717, 1.165) is 6.42 Å². The number of rotatable bonds is 3. The molecular formula is C10H24OSi. The fraction of sp³-hybridized carbons (Fsp3) is 1.00. The molecule has 74 valence electrons. The topological polar surface area (TPSA) is 9.23 Å². The van der Waals surface area contributed by atoms with Crippen LogP contribution in [0.4, 0.5) is 0 Å². The minimum Gasteiger partial charge on any atom is -0.414 e. The van der Waals surface area contributed by atoms with Gasteiger partial charge < -0.3 is 4.43 Å². The van der Waals surface area contributed by atoms with Gasteiger partial charge in [0.15, 0.2) is 8.32 Å². The molecule has 0 heterocycles. The highest BCUT2D eigenvalue weighted by Gasteiger charge is 2.37. The van der Waals surface area contributed by atoms with Crippen molar-refractivity contribution in [3.63, 3.8) is 0 Å². The summed E-state index contributed by atoms with van der Waals surface area (Å²) in [5.41, 5.74) is 0. The molecule has 0 rings (SSSR count). The first-order valence-corrected chi connectivity index (χ1v) is 7.79. The zero-order valence-electron chi connectivity index (χ0n) is 9.69. The largest absolute Gasteiger partial charge is 0.414 e. The Labute approximate surface area is 78.6 Å². The van der Waals surface area contributed by atoms with Crippen LogP contribution in [0, 0.1) is 0 Å². The van der Waals surface area contributed by atoms with Gasteiger partial charge in [-0.3, -0.25) is 0 Å². The molecule has 0 aromatic heterocycles. The van der Waals surface area contributed by atoms with E-state index in [1.54, 1.807) is 0 Å². The van der Waals surface area contributed by atoms with E-state index in [0.29, 0.717) is 11.1 Å². The lowest BCUT2D eigenvalue weighted by Gasteiger charge is -2.38. The highest BCUT2D eigenvalue weighted by atomic mass is 28.4. The molecule has 0 aliphatic carbocycles. The summed E-state index contributed by atoms with van der Waals surface area (Å²) in [6.45, 7) is 15.8. The van der Waals surface area contributed by atoms with Gasteiger partial charge in [-0.25, -0.2) is 0 Å². The van der Waals surface area contributed by atoms with Gasteiger partial charge in [0.25, 0.3) is 0 Å². The first-order valence-electron chi connectivity index (χ1n) is 4.88. The molecule has 2 heteroatoms. The summed E-state index contributed by atoms with van der Waals surface area (Å²) in [6, 6.07) is 0. The van der Waals surface area contributed by atoms with Crippen molar-refractivity contribution in [2.45, 2.75) is 65.3 Å². The smallest absolute Gasteiger partial charge is 0.192 e. The average molecular weight is 188 g/mol. The van der Waals surface area contributed by atoms with Crippen LogP contribution in [0.1, 0.15) is 41.0 Å². The van der Waals surface area contributed by atoms with Crippen LogP contribution in [0.3, 0.4) is 0 Å². The lowest BCUT2D eigenvalue weighted by molar-refractivity contribution is 0.195. The molecule has 1 atom stereocenters. The second-order valence-corrected chi connectivity index (χ2v) is 9.85. The molecule has 1 nitrogen and oxygen atoms in total. The Hall–Kier alpha value is 0.177. The number of hydrogen-bond acceptors (Lipinski definition) is 1. The SMILES string of the molecule is CC[C@@H](C)O[Si](C)(C)C(C)(C)C. The first-order chi connectivity index (χ1) is 5.20. The molecule has 0 N–H and O–H groups in total. The molecule has 0 aliphatic rings. The van der Waals surface area contributed by atoms with Gasteiger partial charge >= 0.3 is 0 Å². The molecule has 0 spiro atoms. The van der Waals surface area contributed by atoms with Crippen molar-refractivity contribution in [3.8, 4) is 0 Å². The minimum atomic E-state index is -1.49. The Morgan fingerprint density at radius 2 is 1.67 bits per heavy atom. The van der Waals surface area contributed by atoms with Gasteiger partial charge in [0.1, 0.15) is 0 Å². The van der Waals surface area contributed by atoms with Crippen molar-refractivity contribution < 1.29 is 4.43 Å². The molecule has 0 aromatic carbocycles. The van der Waals surface area contributed by atoms with Crippen LogP contribution in [-0.2, 0) is 4.43 Å². The fourth-order valence-corrected chi connectivity index (χ4v) is 2.29. The van der Waals surface area contributed by atoms with Crippen LogP contribution < -0.4 is 0 Å². The van der Waals surface area contributed by atoms with E-state index < -0.39 is 8.32 Å². The van der Waals surface area contributed by atoms with Gasteiger partial charge in [0.05, 0.1) is 0 Å². The summed E-state index contributed by atoms with van der Waals surface area (Å²) in [5.74, 6) is 0. The zero-order chi connectivity index (χ0) is 9.99. The summed E-state index contributed by atoms with van der Waals surface area (Å²) in [7, 11) is -1.49. The van der Waals surface area contributed by atoms with Crippen molar-refractivity contribution in [2.75, 3.05) is 0 Å². The van der Waals surface area contributed by atoms with Gasteiger partial charge in [0.2, 0.25) is 0 Å². The summed E-state index contributed by atoms with van der Waals surface area (Å²) in [6.07, 6.45) is 1.54. The van der Waals surface area contributed by atoms with Gasteiger partial charge in [-0.1, -0.05) is 27.7 Å². The van der Waals surface area contributed by atoms with Crippen molar-refractivity contribution in [2.24, 2.45) is 0 Å². The molecule has 0 saturated heterocycles. The van der Waals surface area contributed by atoms with Crippen molar-refractivity contribution >= 4 is 8.32 Å². The maximum absolute atomic E-state index is 6.09. The lowest BCUT2D eigenvalue weighted by atomic mass is 10.2. The normalized spacial score (nSPS) is 16.2. The van der Waals surface area contributed by atoms with E-state index in [-0.39, 0.29) is 0 Å². The Bertz CT molecular complexity index is 135. The standard InChI is InChI=1S/C10H24OSi/c1-8-9(2)11-12(6,7)10(3,4)5/h9H,8H2,1-7H3/t9-/m1/s1. The van der Waals surface area contributed by atoms with Crippen LogP contribution in [0.15, 0.2) is 0 Å². The Balaban J connectivity index is 4.22. The maximum Gasteiger partial charge on any atom is 0.192 e. The van der Waals surface area contributed by atoms with Crippen LogP contribution in [0.5, 0.6) is 0 Å². The van der Waals surface area contributed by atoms with Crippen molar-refractivity contribution in [1.29, 1.82) is 0 Å². The zero-order valence-corrected chi connectivity index (χ0v) is 10.7. The molecule has 0 aliphatic heterocycles. The van der Waals surface area contributed by atoms with E-state index in [9.17, 15) is 0 Å². The highest BCUT2D eigenvalue weighted by Crippen LogP contribution is 2.37. The van der Waals surface area contributed by atoms with Gasteiger partial charge in [-0.15, -0.1) is 0 Å². The third-order valence-electron chi connectivity index (χ3n) is 2.88. The average Bonchev–Trinajstić information content (AvgIpc) is 1.84. The van der Waals surface area contributed by atoms with E-state index >= 15 is 0 Å². The molecule has 0 unspecified atom stereocenters. The van der Waals surface area contributed by atoms with Gasteiger partial charge in [-0.05, 0) is 31.5 Å². The molecule has 0 radical (unpaired) electrons. The predicted molar refractivity (Wildman–Crippen MR) is 58.0 cm³/mol. The van der Waals surface area contributed by atoms with Crippen LogP contribution in [0.25, 0.3) is 0 Å². The predicted octanol–water partition coefficient (Wildman–Crippen LogP) is 3.81. The highest BCUT2D eigenvalue weighted by molar-refractivity contribution is 6.74. The molecule has 0 bridgehead atoms. The Kier molecular flexibility index (Phi) is 3.98. The van der Waals surface area contributed by atoms with Crippen molar-refractivity contribution in [1.82, 2.24) is 0 Å².